The first-order valence-electron chi connectivity index (χ1n) is 5.99. The van der Waals surface area contributed by atoms with Crippen LogP contribution in [-0.2, 0) is 0 Å². The van der Waals surface area contributed by atoms with Gasteiger partial charge in [0.05, 0.1) is 17.0 Å². The van der Waals surface area contributed by atoms with Crippen molar-refractivity contribution in [2.75, 3.05) is 24.2 Å². The summed E-state index contributed by atoms with van der Waals surface area (Å²) in [5.41, 5.74) is 6.94. The molecule has 0 saturated heterocycles. The molecule has 3 nitrogen and oxygen atoms in total. The summed E-state index contributed by atoms with van der Waals surface area (Å²) < 4.78 is 0. The number of benzene rings is 1. The highest BCUT2D eigenvalue weighted by molar-refractivity contribution is 6.31. The van der Waals surface area contributed by atoms with Crippen LogP contribution in [0.4, 0.5) is 11.4 Å². The summed E-state index contributed by atoms with van der Waals surface area (Å²) in [4.78, 5) is 1.99. The number of rotatable bonds is 3. The lowest BCUT2D eigenvalue weighted by Crippen LogP contribution is -2.39. The van der Waals surface area contributed by atoms with E-state index in [0.717, 1.165) is 31.4 Å². The van der Waals surface area contributed by atoms with Crippen molar-refractivity contribution in [3.63, 3.8) is 0 Å². The predicted molar refractivity (Wildman–Crippen MR) is 72.6 cm³/mol. The molecular weight excluding hydrogens is 236 g/mol. The number of hydrogen-bond donors (Lipinski definition) is 2. The third-order valence-electron chi connectivity index (χ3n) is 3.47. The minimum atomic E-state index is -0.566. The van der Waals surface area contributed by atoms with E-state index in [4.69, 9.17) is 17.3 Å². The molecule has 2 rings (SSSR count). The molecule has 0 amide bonds. The van der Waals surface area contributed by atoms with Gasteiger partial charge in [0.25, 0.3) is 0 Å². The molecule has 0 radical (unpaired) electrons. The van der Waals surface area contributed by atoms with Gasteiger partial charge in [0.15, 0.2) is 0 Å². The van der Waals surface area contributed by atoms with Crippen molar-refractivity contribution in [1.29, 1.82) is 0 Å². The zero-order valence-electron chi connectivity index (χ0n) is 10.1. The van der Waals surface area contributed by atoms with Crippen LogP contribution < -0.4 is 10.6 Å². The third-order valence-corrected chi connectivity index (χ3v) is 3.70. The lowest BCUT2D eigenvalue weighted by molar-refractivity contribution is 0.0559. The first-order valence-corrected chi connectivity index (χ1v) is 6.36. The van der Waals surface area contributed by atoms with Gasteiger partial charge in [-0.3, -0.25) is 0 Å². The third kappa shape index (κ3) is 2.85. The number of nitrogen functional groups attached to an aromatic ring is 1. The molecule has 17 heavy (non-hydrogen) atoms. The van der Waals surface area contributed by atoms with E-state index in [-0.39, 0.29) is 0 Å². The Hall–Kier alpha value is -0.930. The average molecular weight is 255 g/mol. The van der Waals surface area contributed by atoms with Gasteiger partial charge < -0.3 is 15.7 Å². The van der Waals surface area contributed by atoms with E-state index in [1.807, 2.05) is 18.0 Å². The zero-order valence-corrected chi connectivity index (χ0v) is 10.9. The molecule has 0 atom stereocenters. The molecule has 1 aromatic carbocycles. The number of halogens is 1. The molecule has 1 aliphatic carbocycles. The van der Waals surface area contributed by atoms with Gasteiger partial charge in [0, 0.05) is 18.6 Å². The van der Waals surface area contributed by atoms with E-state index in [1.54, 1.807) is 12.1 Å². The lowest BCUT2D eigenvalue weighted by atomic mass is 10.0. The Balaban J connectivity index is 2.13. The average Bonchev–Trinajstić information content (AvgIpc) is 2.68. The van der Waals surface area contributed by atoms with Gasteiger partial charge in [-0.15, -0.1) is 0 Å². The summed E-state index contributed by atoms with van der Waals surface area (Å²) >= 11 is 5.97. The van der Waals surface area contributed by atoms with Crippen LogP contribution in [0.3, 0.4) is 0 Å². The number of nitrogens with zero attached hydrogens (tertiary/aromatic N) is 1. The Bertz CT molecular complexity index is 402. The summed E-state index contributed by atoms with van der Waals surface area (Å²) in [6.45, 7) is 0.609. The normalized spacial score (nSPS) is 18.3. The fourth-order valence-corrected chi connectivity index (χ4v) is 2.73. The molecule has 0 aromatic heterocycles. The summed E-state index contributed by atoms with van der Waals surface area (Å²) in [6.07, 6.45) is 3.96. The molecule has 0 unspecified atom stereocenters. The van der Waals surface area contributed by atoms with Crippen molar-refractivity contribution in [3.8, 4) is 0 Å². The molecule has 0 spiro atoms. The SMILES string of the molecule is CN(CC1(O)CCCC1)c1cc(Cl)ccc1N. The zero-order chi connectivity index (χ0) is 12.5. The molecule has 1 aliphatic rings. The van der Waals surface area contributed by atoms with Crippen LogP contribution in [0.5, 0.6) is 0 Å². The molecule has 0 heterocycles. The maximum absolute atomic E-state index is 10.4. The van der Waals surface area contributed by atoms with Gasteiger partial charge in [-0.2, -0.15) is 0 Å². The number of anilines is 2. The highest BCUT2D eigenvalue weighted by Gasteiger charge is 2.32. The lowest BCUT2D eigenvalue weighted by Gasteiger charge is -2.30. The second kappa shape index (κ2) is 4.75. The van der Waals surface area contributed by atoms with Crippen molar-refractivity contribution < 1.29 is 5.11 Å². The van der Waals surface area contributed by atoms with Gasteiger partial charge in [-0.25, -0.2) is 0 Å². The maximum atomic E-state index is 10.4. The van der Waals surface area contributed by atoms with Crippen LogP contribution in [0.2, 0.25) is 5.02 Å². The number of aliphatic hydroxyl groups is 1. The van der Waals surface area contributed by atoms with E-state index >= 15 is 0 Å². The fourth-order valence-electron chi connectivity index (χ4n) is 2.57. The van der Waals surface area contributed by atoms with Crippen LogP contribution in [-0.4, -0.2) is 24.3 Å². The Morgan fingerprint density at radius 3 is 2.71 bits per heavy atom. The second-order valence-corrected chi connectivity index (χ2v) is 5.43. The Morgan fingerprint density at radius 2 is 2.06 bits per heavy atom. The van der Waals surface area contributed by atoms with Gasteiger partial charge in [0.2, 0.25) is 0 Å². The monoisotopic (exact) mass is 254 g/mol. The first-order chi connectivity index (χ1) is 8.00. The molecular formula is C13H19ClN2O. The maximum Gasteiger partial charge on any atom is 0.0821 e. The molecule has 94 valence electrons. The van der Waals surface area contributed by atoms with E-state index in [1.165, 1.54) is 0 Å². The molecule has 4 heteroatoms. The van der Waals surface area contributed by atoms with Crippen molar-refractivity contribution in [2.45, 2.75) is 31.3 Å². The molecule has 0 aliphatic heterocycles. The Labute approximate surface area is 107 Å². The largest absolute Gasteiger partial charge is 0.397 e. The number of nitrogens with two attached hydrogens (primary N) is 1. The number of hydrogen-bond acceptors (Lipinski definition) is 3. The summed E-state index contributed by atoms with van der Waals surface area (Å²) in [7, 11) is 1.94. The summed E-state index contributed by atoms with van der Waals surface area (Å²) in [5.74, 6) is 0. The van der Waals surface area contributed by atoms with E-state index in [2.05, 4.69) is 0 Å². The second-order valence-electron chi connectivity index (χ2n) is 4.99. The van der Waals surface area contributed by atoms with E-state index in [9.17, 15) is 5.11 Å². The molecule has 3 N–H and O–H groups in total. The fraction of sp³-hybridized carbons (Fsp3) is 0.538. The first kappa shape index (κ1) is 12.5. The Kier molecular flexibility index (Phi) is 3.50. The van der Waals surface area contributed by atoms with Crippen molar-refractivity contribution in [2.24, 2.45) is 0 Å². The topological polar surface area (TPSA) is 49.5 Å². The summed E-state index contributed by atoms with van der Waals surface area (Å²) in [5, 5.41) is 11.0. The van der Waals surface area contributed by atoms with Crippen LogP contribution in [0.1, 0.15) is 25.7 Å². The van der Waals surface area contributed by atoms with Gasteiger partial charge in [-0.1, -0.05) is 24.4 Å². The quantitative estimate of drug-likeness (QED) is 0.816. The smallest absolute Gasteiger partial charge is 0.0821 e. The highest BCUT2D eigenvalue weighted by Crippen LogP contribution is 2.33. The van der Waals surface area contributed by atoms with Crippen LogP contribution in [0.25, 0.3) is 0 Å². The van der Waals surface area contributed by atoms with Crippen molar-refractivity contribution in [3.05, 3.63) is 23.2 Å². The van der Waals surface area contributed by atoms with Crippen molar-refractivity contribution >= 4 is 23.0 Å². The molecule has 0 bridgehead atoms. The Morgan fingerprint density at radius 1 is 1.41 bits per heavy atom. The van der Waals surface area contributed by atoms with Gasteiger partial charge >= 0.3 is 0 Å². The van der Waals surface area contributed by atoms with Crippen LogP contribution >= 0.6 is 11.6 Å². The molecule has 1 aromatic rings. The number of likely N-dealkylation sites (N-methyl/N-ethyl adjacent to an activating group) is 1. The van der Waals surface area contributed by atoms with Crippen LogP contribution in [0, 0.1) is 0 Å². The molecule has 1 saturated carbocycles. The van der Waals surface area contributed by atoms with E-state index in [0.29, 0.717) is 17.3 Å². The van der Waals surface area contributed by atoms with E-state index < -0.39 is 5.60 Å². The minimum Gasteiger partial charge on any atom is -0.397 e. The van der Waals surface area contributed by atoms with Crippen molar-refractivity contribution in [1.82, 2.24) is 0 Å². The predicted octanol–water partition coefficient (Wildman–Crippen LogP) is 2.66. The van der Waals surface area contributed by atoms with Gasteiger partial charge in [0.1, 0.15) is 0 Å². The van der Waals surface area contributed by atoms with Crippen LogP contribution in [0.15, 0.2) is 18.2 Å². The van der Waals surface area contributed by atoms with Gasteiger partial charge in [-0.05, 0) is 31.0 Å². The molecule has 1 fully saturated rings. The standard InChI is InChI=1S/C13H19ClN2O/c1-16(9-13(17)6-2-3-7-13)12-8-10(14)4-5-11(12)15/h4-5,8,17H,2-3,6-7,9,15H2,1H3. The highest BCUT2D eigenvalue weighted by atomic mass is 35.5. The minimum absolute atomic E-state index is 0.566. The summed E-state index contributed by atoms with van der Waals surface area (Å²) in [6, 6.07) is 5.42.